The molecule has 0 atom stereocenters. The fraction of sp³-hybridized carbons (Fsp3) is 0.238. The van der Waals surface area contributed by atoms with Crippen LogP contribution in [0.1, 0.15) is 19.8 Å². The van der Waals surface area contributed by atoms with Gasteiger partial charge in [-0.15, -0.1) is 0 Å². The molecule has 0 amide bonds. The second kappa shape index (κ2) is 7.48. The smallest absolute Gasteiger partial charge is 0.283 e. The molecule has 0 aliphatic rings. The van der Waals surface area contributed by atoms with Crippen molar-refractivity contribution >= 4 is 33.7 Å². The first kappa shape index (κ1) is 17.7. The zero-order valence-electron chi connectivity index (χ0n) is 15.4. The van der Waals surface area contributed by atoms with Gasteiger partial charge in [0.1, 0.15) is 16.8 Å². The average Bonchev–Trinajstić information content (AvgIpc) is 3.08. The summed E-state index contributed by atoms with van der Waals surface area (Å²) in [5.74, 6) is 1.56. The number of aromatic amines is 1. The van der Waals surface area contributed by atoms with Crippen LogP contribution in [0.25, 0.3) is 27.6 Å². The molecule has 4 rings (SSSR count). The molecule has 0 radical (unpaired) electrons. The Kier molecular flexibility index (Phi) is 4.90. The molecular weight excluding hydrogens is 358 g/mol. The fourth-order valence-electron chi connectivity index (χ4n) is 3.17. The Morgan fingerprint density at radius 3 is 2.74 bits per heavy atom. The number of ether oxygens (including phenoxy) is 1. The normalized spacial score (nSPS) is 11.3. The number of methoxy groups -OCH3 is 1. The highest BCUT2D eigenvalue weighted by Crippen LogP contribution is 2.29. The predicted octanol–water partition coefficient (Wildman–Crippen LogP) is 4.77. The molecule has 138 valence electrons. The average molecular weight is 379 g/mol. The molecule has 2 aromatic heterocycles. The van der Waals surface area contributed by atoms with Crippen molar-refractivity contribution in [2.45, 2.75) is 24.9 Å². The lowest BCUT2D eigenvalue weighted by molar-refractivity contribution is 0.411. The van der Waals surface area contributed by atoms with Crippen LogP contribution in [0.15, 0.2) is 58.5 Å². The number of unbranched alkanes of at least 4 members (excludes halogenated alkanes) is 1. The summed E-state index contributed by atoms with van der Waals surface area (Å²) in [6.07, 6.45) is 2.17. The van der Waals surface area contributed by atoms with Crippen LogP contribution in [0.3, 0.4) is 0 Å². The van der Waals surface area contributed by atoms with E-state index < -0.39 is 0 Å². The molecule has 0 saturated carbocycles. The summed E-state index contributed by atoms with van der Waals surface area (Å²) >= 11 is 1.61. The van der Waals surface area contributed by atoms with E-state index in [4.69, 9.17) is 9.72 Å². The van der Waals surface area contributed by atoms with Gasteiger partial charge in [-0.3, -0.25) is 4.79 Å². The summed E-state index contributed by atoms with van der Waals surface area (Å²) in [4.78, 5) is 21.6. The van der Waals surface area contributed by atoms with Crippen LogP contribution in [0.2, 0.25) is 0 Å². The number of rotatable bonds is 6. The van der Waals surface area contributed by atoms with Crippen LogP contribution in [-0.4, -0.2) is 27.4 Å². The fourth-order valence-corrected chi connectivity index (χ4v) is 4.26. The first-order valence-corrected chi connectivity index (χ1v) is 10.0. The zero-order chi connectivity index (χ0) is 18.8. The van der Waals surface area contributed by atoms with Gasteiger partial charge in [0.25, 0.3) is 5.56 Å². The van der Waals surface area contributed by atoms with Gasteiger partial charge in [-0.1, -0.05) is 55.4 Å². The van der Waals surface area contributed by atoms with E-state index in [2.05, 4.69) is 11.9 Å². The maximum atomic E-state index is 13.4. The minimum absolute atomic E-state index is 0.111. The van der Waals surface area contributed by atoms with Crippen molar-refractivity contribution in [2.75, 3.05) is 12.9 Å². The van der Waals surface area contributed by atoms with Crippen LogP contribution in [0.4, 0.5) is 0 Å². The number of para-hydroxylation sites is 3. The monoisotopic (exact) mass is 379 g/mol. The Bertz CT molecular complexity index is 1160. The van der Waals surface area contributed by atoms with Crippen molar-refractivity contribution in [3.8, 4) is 11.4 Å². The standard InChI is InChI=1S/C21H21N3O2S/c1-3-4-13-27-21-23-18-14-9-5-6-10-15(14)22-19(18)20(25)24(21)16-11-7-8-12-17(16)26-2/h5-12,22H,3-4,13H2,1-2H3. The van der Waals surface area contributed by atoms with E-state index in [-0.39, 0.29) is 5.56 Å². The number of fused-ring (bicyclic) bond motifs is 3. The molecule has 0 unspecified atom stereocenters. The van der Waals surface area contributed by atoms with E-state index in [9.17, 15) is 4.79 Å². The van der Waals surface area contributed by atoms with Gasteiger partial charge in [0.15, 0.2) is 5.16 Å². The molecule has 5 nitrogen and oxygen atoms in total. The summed E-state index contributed by atoms with van der Waals surface area (Å²) in [7, 11) is 1.61. The lowest BCUT2D eigenvalue weighted by Crippen LogP contribution is -2.22. The maximum Gasteiger partial charge on any atom is 0.283 e. The van der Waals surface area contributed by atoms with Gasteiger partial charge in [0.05, 0.1) is 12.8 Å². The Morgan fingerprint density at radius 2 is 1.93 bits per heavy atom. The summed E-state index contributed by atoms with van der Waals surface area (Å²) < 4.78 is 7.16. The number of nitrogens with zero attached hydrogens (tertiary/aromatic N) is 2. The highest BCUT2D eigenvalue weighted by Gasteiger charge is 2.18. The van der Waals surface area contributed by atoms with Gasteiger partial charge in [-0.05, 0) is 24.6 Å². The molecule has 0 aliphatic carbocycles. The molecule has 6 heteroatoms. The molecule has 0 aliphatic heterocycles. The first-order chi connectivity index (χ1) is 13.2. The SMILES string of the molecule is CCCCSc1nc2c([nH]c3ccccc32)c(=O)n1-c1ccccc1OC. The third-order valence-electron chi connectivity index (χ3n) is 4.55. The van der Waals surface area contributed by atoms with Gasteiger partial charge in [0, 0.05) is 16.7 Å². The minimum Gasteiger partial charge on any atom is -0.495 e. The van der Waals surface area contributed by atoms with Crippen LogP contribution < -0.4 is 10.3 Å². The van der Waals surface area contributed by atoms with Gasteiger partial charge in [-0.25, -0.2) is 9.55 Å². The number of thioether (sulfide) groups is 1. The Labute approximate surface area is 161 Å². The second-order valence-electron chi connectivity index (χ2n) is 6.30. The third-order valence-corrected chi connectivity index (χ3v) is 5.57. The van der Waals surface area contributed by atoms with Crippen molar-refractivity contribution in [1.82, 2.24) is 14.5 Å². The van der Waals surface area contributed by atoms with Crippen LogP contribution in [0, 0.1) is 0 Å². The van der Waals surface area contributed by atoms with Gasteiger partial charge in [0.2, 0.25) is 0 Å². The molecule has 4 aromatic rings. The van der Waals surface area contributed by atoms with Crippen molar-refractivity contribution < 1.29 is 4.74 Å². The second-order valence-corrected chi connectivity index (χ2v) is 7.37. The highest BCUT2D eigenvalue weighted by molar-refractivity contribution is 7.99. The van der Waals surface area contributed by atoms with Crippen molar-refractivity contribution in [3.05, 3.63) is 58.9 Å². The van der Waals surface area contributed by atoms with Gasteiger partial charge in [-0.2, -0.15) is 0 Å². The number of benzene rings is 2. The van der Waals surface area contributed by atoms with E-state index in [1.807, 2.05) is 48.5 Å². The van der Waals surface area contributed by atoms with E-state index in [1.165, 1.54) is 0 Å². The van der Waals surface area contributed by atoms with Crippen LogP contribution in [-0.2, 0) is 0 Å². The van der Waals surface area contributed by atoms with Crippen molar-refractivity contribution in [2.24, 2.45) is 0 Å². The number of aromatic nitrogens is 3. The quantitative estimate of drug-likeness (QED) is 0.298. The van der Waals surface area contributed by atoms with Gasteiger partial charge < -0.3 is 9.72 Å². The third kappa shape index (κ3) is 3.10. The summed E-state index contributed by atoms with van der Waals surface area (Å²) in [6.45, 7) is 2.16. The lowest BCUT2D eigenvalue weighted by atomic mass is 10.2. The predicted molar refractivity (Wildman–Crippen MR) is 111 cm³/mol. The molecule has 0 bridgehead atoms. The summed E-state index contributed by atoms with van der Waals surface area (Å²) in [5.41, 5.74) is 2.75. The van der Waals surface area contributed by atoms with E-state index in [0.29, 0.717) is 22.1 Å². The van der Waals surface area contributed by atoms with Crippen LogP contribution in [0.5, 0.6) is 5.75 Å². The number of H-pyrrole nitrogens is 1. The molecule has 2 heterocycles. The molecule has 0 fully saturated rings. The Morgan fingerprint density at radius 1 is 1.15 bits per heavy atom. The number of hydrogen-bond acceptors (Lipinski definition) is 4. The first-order valence-electron chi connectivity index (χ1n) is 9.04. The molecule has 27 heavy (non-hydrogen) atoms. The van der Waals surface area contributed by atoms with E-state index in [1.54, 1.807) is 23.4 Å². The minimum atomic E-state index is -0.111. The molecule has 0 saturated heterocycles. The Balaban J connectivity index is 2.03. The van der Waals surface area contributed by atoms with Gasteiger partial charge >= 0.3 is 0 Å². The molecule has 0 spiro atoms. The van der Waals surface area contributed by atoms with E-state index in [0.717, 1.165) is 35.0 Å². The molecular formula is C21H21N3O2S. The highest BCUT2D eigenvalue weighted by atomic mass is 32.2. The van der Waals surface area contributed by atoms with Crippen LogP contribution >= 0.6 is 11.8 Å². The van der Waals surface area contributed by atoms with E-state index >= 15 is 0 Å². The summed E-state index contributed by atoms with van der Waals surface area (Å²) in [5, 5.41) is 1.66. The number of hydrogen-bond donors (Lipinski definition) is 1. The number of nitrogens with one attached hydrogen (secondary N) is 1. The van der Waals surface area contributed by atoms with Crippen molar-refractivity contribution in [3.63, 3.8) is 0 Å². The zero-order valence-corrected chi connectivity index (χ0v) is 16.2. The lowest BCUT2D eigenvalue weighted by Gasteiger charge is -2.14. The maximum absolute atomic E-state index is 13.4. The largest absolute Gasteiger partial charge is 0.495 e. The Hall–Kier alpha value is -2.73. The summed E-state index contributed by atoms with van der Waals surface area (Å²) in [6, 6.07) is 15.4. The molecule has 2 aromatic carbocycles. The molecule has 1 N–H and O–H groups in total. The van der Waals surface area contributed by atoms with Crippen molar-refractivity contribution in [1.29, 1.82) is 0 Å². The topological polar surface area (TPSA) is 59.9 Å².